The fourth-order valence-corrected chi connectivity index (χ4v) is 4.27. The SMILES string of the molecule is Cc1c(Cc2ccc(-n3cccn3)cc2)cc2c(=O)n([C@H]3COCC[C@@H]3O)nnc2c1C. The Balaban J connectivity index is 1.52. The van der Waals surface area contributed by atoms with Crippen molar-refractivity contribution in [3.63, 3.8) is 0 Å². The highest BCUT2D eigenvalue weighted by molar-refractivity contribution is 5.82. The minimum atomic E-state index is -0.674. The Morgan fingerprint density at radius 3 is 2.72 bits per heavy atom. The van der Waals surface area contributed by atoms with Gasteiger partial charge in [0.2, 0.25) is 0 Å². The van der Waals surface area contributed by atoms with E-state index in [1.54, 1.807) is 6.20 Å². The Kier molecular flexibility index (Phi) is 5.32. The Morgan fingerprint density at radius 1 is 1.19 bits per heavy atom. The molecule has 2 aromatic heterocycles. The lowest BCUT2D eigenvalue weighted by atomic mass is 9.94. The molecule has 2 atom stereocenters. The molecule has 2 aromatic carbocycles. The predicted molar refractivity (Wildman–Crippen MR) is 120 cm³/mol. The van der Waals surface area contributed by atoms with E-state index in [0.717, 1.165) is 27.9 Å². The van der Waals surface area contributed by atoms with Crippen molar-refractivity contribution in [3.05, 3.63) is 81.4 Å². The second kappa shape index (κ2) is 8.29. The molecule has 0 aliphatic carbocycles. The molecule has 32 heavy (non-hydrogen) atoms. The molecule has 164 valence electrons. The van der Waals surface area contributed by atoms with Gasteiger partial charge in [-0.15, -0.1) is 5.10 Å². The van der Waals surface area contributed by atoms with Crippen LogP contribution in [0.1, 0.15) is 34.7 Å². The summed E-state index contributed by atoms with van der Waals surface area (Å²) in [4.78, 5) is 13.3. The van der Waals surface area contributed by atoms with E-state index in [-0.39, 0.29) is 12.2 Å². The van der Waals surface area contributed by atoms with Gasteiger partial charge in [0.05, 0.1) is 23.8 Å². The lowest BCUT2D eigenvalue weighted by molar-refractivity contribution is -0.0352. The van der Waals surface area contributed by atoms with Crippen molar-refractivity contribution in [2.24, 2.45) is 0 Å². The van der Waals surface area contributed by atoms with Crippen LogP contribution in [0.25, 0.3) is 16.6 Å². The van der Waals surface area contributed by atoms with E-state index in [4.69, 9.17) is 4.74 Å². The molecule has 0 amide bonds. The summed E-state index contributed by atoms with van der Waals surface area (Å²) < 4.78 is 8.56. The third-order valence-electron chi connectivity index (χ3n) is 6.36. The zero-order chi connectivity index (χ0) is 22.2. The summed E-state index contributed by atoms with van der Waals surface area (Å²) >= 11 is 0. The van der Waals surface area contributed by atoms with E-state index < -0.39 is 12.1 Å². The molecule has 1 aliphatic rings. The first kappa shape index (κ1) is 20.5. The molecule has 0 saturated carbocycles. The van der Waals surface area contributed by atoms with Gasteiger partial charge in [0.15, 0.2) is 0 Å². The molecule has 0 unspecified atom stereocenters. The number of aromatic nitrogens is 5. The first-order valence-electron chi connectivity index (χ1n) is 10.8. The maximum absolute atomic E-state index is 13.3. The molecule has 8 heteroatoms. The standard InChI is InChI=1S/C24H25N5O3/c1-15-16(2)23-20(24(31)29(27-26-23)21-14-32-11-8-22(21)30)13-18(15)12-17-4-6-19(7-5-17)28-10-3-9-25-28/h3-7,9-10,13,21-22,30H,8,11-12,14H2,1-2H3/t21-,22-/m0/s1. The topological polar surface area (TPSA) is 95.1 Å². The van der Waals surface area contributed by atoms with Gasteiger partial charge < -0.3 is 9.84 Å². The van der Waals surface area contributed by atoms with Crippen molar-refractivity contribution < 1.29 is 9.84 Å². The van der Waals surface area contributed by atoms with Gasteiger partial charge in [0, 0.05) is 19.0 Å². The minimum Gasteiger partial charge on any atom is -0.391 e. The predicted octanol–water partition coefficient (Wildman–Crippen LogP) is 2.51. The number of aliphatic hydroxyl groups excluding tert-OH is 1. The highest BCUT2D eigenvalue weighted by Crippen LogP contribution is 2.25. The maximum atomic E-state index is 13.3. The van der Waals surface area contributed by atoms with E-state index in [1.807, 2.05) is 49.0 Å². The molecule has 1 saturated heterocycles. The zero-order valence-electron chi connectivity index (χ0n) is 18.1. The number of fused-ring (bicyclic) bond motifs is 1. The molecule has 8 nitrogen and oxygen atoms in total. The quantitative estimate of drug-likeness (QED) is 0.534. The van der Waals surface area contributed by atoms with Gasteiger partial charge >= 0.3 is 0 Å². The van der Waals surface area contributed by atoms with E-state index in [9.17, 15) is 9.90 Å². The number of aryl methyl sites for hydroxylation is 1. The van der Waals surface area contributed by atoms with Gasteiger partial charge in [0.1, 0.15) is 11.6 Å². The minimum absolute atomic E-state index is 0.247. The summed E-state index contributed by atoms with van der Waals surface area (Å²) in [5.74, 6) is 0. The Morgan fingerprint density at radius 2 is 2.00 bits per heavy atom. The number of nitrogens with zero attached hydrogens (tertiary/aromatic N) is 5. The maximum Gasteiger partial charge on any atom is 0.278 e. The number of aliphatic hydroxyl groups is 1. The van der Waals surface area contributed by atoms with Gasteiger partial charge in [0.25, 0.3) is 5.56 Å². The second-order valence-corrected chi connectivity index (χ2v) is 8.31. The normalized spacial score (nSPS) is 18.8. The summed E-state index contributed by atoms with van der Waals surface area (Å²) in [6, 6.07) is 11.5. The smallest absolute Gasteiger partial charge is 0.278 e. The van der Waals surface area contributed by atoms with Crippen LogP contribution < -0.4 is 5.56 Å². The van der Waals surface area contributed by atoms with Gasteiger partial charge in [-0.25, -0.2) is 9.36 Å². The lowest BCUT2D eigenvalue weighted by Crippen LogP contribution is -2.41. The highest BCUT2D eigenvalue weighted by Gasteiger charge is 2.28. The van der Waals surface area contributed by atoms with Crippen LogP contribution in [-0.2, 0) is 11.2 Å². The molecule has 0 radical (unpaired) electrons. The van der Waals surface area contributed by atoms with Crippen LogP contribution >= 0.6 is 0 Å². The number of benzene rings is 2. The molecule has 1 N–H and O–H groups in total. The number of rotatable bonds is 4. The second-order valence-electron chi connectivity index (χ2n) is 8.31. The summed E-state index contributed by atoms with van der Waals surface area (Å²) in [5, 5.41) is 23.6. The van der Waals surface area contributed by atoms with Crippen LogP contribution in [0.4, 0.5) is 0 Å². The highest BCUT2D eigenvalue weighted by atomic mass is 16.5. The van der Waals surface area contributed by atoms with Gasteiger partial charge in [-0.2, -0.15) is 5.10 Å². The van der Waals surface area contributed by atoms with Crippen molar-refractivity contribution in [2.75, 3.05) is 13.2 Å². The lowest BCUT2D eigenvalue weighted by Gasteiger charge is -2.27. The van der Waals surface area contributed by atoms with Crippen LogP contribution in [0.15, 0.2) is 53.6 Å². The van der Waals surface area contributed by atoms with Crippen molar-refractivity contribution in [1.29, 1.82) is 0 Å². The zero-order valence-corrected chi connectivity index (χ0v) is 18.1. The number of ether oxygens (including phenoxy) is 1. The molecular weight excluding hydrogens is 406 g/mol. The molecule has 1 fully saturated rings. The van der Waals surface area contributed by atoms with Crippen molar-refractivity contribution in [2.45, 2.75) is 38.8 Å². The first-order valence-corrected chi connectivity index (χ1v) is 10.8. The Labute approximate surface area is 185 Å². The van der Waals surface area contributed by atoms with Gasteiger partial charge in [-0.05, 0) is 73.2 Å². The first-order chi connectivity index (χ1) is 15.5. The molecule has 5 rings (SSSR count). The van der Waals surface area contributed by atoms with Crippen LogP contribution in [0.5, 0.6) is 0 Å². The summed E-state index contributed by atoms with van der Waals surface area (Å²) in [6.45, 7) is 4.75. The van der Waals surface area contributed by atoms with Crippen molar-refractivity contribution >= 4 is 10.9 Å². The fraction of sp³-hybridized carbons (Fsp3) is 0.333. The molecule has 0 bridgehead atoms. The molecular formula is C24H25N5O3. The van der Waals surface area contributed by atoms with E-state index in [1.165, 1.54) is 4.68 Å². The Bertz CT molecular complexity index is 1310. The van der Waals surface area contributed by atoms with E-state index in [2.05, 4.69) is 27.5 Å². The van der Waals surface area contributed by atoms with Crippen LogP contribution in [0.3, 0.4) is 0 Å². The largest absolute Gasteiger partial charge is 0.391 e. The number of hydrogen-bond donors (Lipinski definition) is 1. The Hall–Kier alpha value is -3.36. The van der Waals surface area contributed by atoms with Crippen LogP contribution in [0.2, 0.25) is 0 Å². The monoisotopic (exact) mass is 431 g/mol. The van der Waals surface area contributed by atoms with Crippen molar-refractivity contribution in [1.82, 2.24) is 24.8 Å². The third kappa shape index (κ3) is 3.61. The summed E-state index contributed by atoms with van der Waals surface area (Å²) in [5.41, 5.74) is 5.61. The van der Waals surface area contributed by atoms with Crippen LogP contribution in [0, 0.1) is 13.8 Å². The molecule has 1 aliphatic heterocycles. The van der Waals surface area contributed by atoms with Crippen LogP contribution in [-0.4, -0.2) is 49.2 Å². The van der Waals surface area contributed by atoms with Gasteiger partial charge in [-0.3, -0.25) is 4.79 Å². The molecule has 4 aromatic rings. The van der Waals surface area contributed by atoms with E-state index in [0.29, 0.717) is 30.4 Å². The summed E-state index contributed by atoms with van der Waals surface area (Å²) in [6.07, 6.45) is 4.16. The molecule has 0 spiro atoms. The van der Waals surface area contributed by atoms with Crippen molar-refractivity contribution in [3.8, 4) is 5.69 Å². The third-order valence-corrected chi connectivity index (χ3v) is 6.36. The average molecular weight is 431 g/mol. The molecule has 3 heterocycles. The average Bonchev–Trinajstić information content (AvgIpc) is 3.34. The summed E-state index contributed by atoms with van der Waals surface area (Å²) in [7, 11) is 0. The van der Waals surface area contributed by atoms with Gasteiger partial charge in [-0.1, -0.05) is 17.3 Å². The van der Waals surface area contributed by atoms with E-state index >= 15 is 0 Å². The number of hydrogen-bond acceptors (Lipinski definition) is 6. The fourth-order valence-electron chi connectivity index (χ4n) is 4.27.